The maximum Gasteiger partial charge on any atom is 0.226 e. The van der Waals surface area contributed by atoms with Crippen molar-refractivity contribution in [1.82, 2.24) is 4.98 Å². The molecule has 1 aromatic carbocycles. The Morgan fingerprint density at radius 3 is 2.24 bits per heavy atom. The molecule has 0 aliphatic heterocycles. The van der Waals surface area contributed by atoms with Gasteiger partial charge in [0.25, 0.3) is 0 Å². The van der Waals surface area contributed by atoms with Crippen LogP contribution in [0.1, 0.15) is 25.0 Å². The molecule has 1 amide bonds. The molecule has 4 nitrogen and oxygen atoms in total. The fourth-order valence-corrected chi connectivity index (χ4v) is 2.02. The number of anilines is 3. The van der Waals surface area contributed by atoms with Crippen molar-refractivity contribution < 1.29 is 4.79 Å². The number of amides is 1. The largest absolute Gasteiger partial charge is 0.340 e. The van der Waals surface area contributed by atoms with Gasteiger partial charge in [0.05, 0.1) is 11.9 Å². The van der Waals surface area contributed by atoms with Crippen molar-refractivity contribution in [2.24, 2.45) is 5.92 Å². The molecule has 1 heterocycles. The van der Waals surface area contributed by atoms with Gasteiger partial charge in [-0.2, -0.15) is 0 Å². The van der Waals surface area contributed by atoms with Gasteiger partial charge >= 0.3 is 0 Å². The van der Waals surface area contributed by atoms with Gasteiger partial charge in [-0.3, -0.25) is 4.79 Å². The molecule has 0 aliphatic rings. The van der Waals surface area contributed by atoms with E-state index >= 15 is 0 Å². The van der Waals surface area contributed by atoms with Gasteiger partial charge in [-0.25, -0.2) is 4.98 Å². The van der Waals surface area contributed by atoms with E-state index < -0.39 is 0 Å². The highest BCUT2D eigenvalue weighted by Crippen LogP contribution is 2.19. The van der Waals surface area contributed by atoms with Crippen LogP contribution in [0.4, 0.5) is 17.2 Å². The quantitative estimate of drug-likeness (QED) is 0.890. The Balaban J connectivity index is 2.07. The van der Waals surface area contributed by atoms with Crippen LogP contribution in [-0.4, -0.2) is 10.9 Å². The van der Waals surface area contributed by atoms with Gasteiger partial charge in [-0.05, 0) is 49.2 Å². The standard InChI is InChI=1S/C17H21N3O/c1-11(2)17(21)20-14-5-6-16(18-10-14)19-15-8-12(3)7-13(4)9-15/h5-11H,1-4H3,(H,18,19)(H,20,21). The molecule has 1 aromatic heterocycles. The summed E-state index contributed by atoms with van der Waals surface area (Å²) < 4.78 is 0. The first-order valence-electron chi connectivity index (χ1n) is 7.06. The first-order valence-corrected chi connectivity index (χ1v) is 7.06. The number of benzene rings is 1. The molecule has 4 heteroatoms. The molecule has 2 rings (SSSR count). The van der Waals surface area contributed by atoms with Crippen LogP contribution in [0.5, 0.6) is 0 Å². The maximum absolute atomic E-state index is 11.6. The number of hydrogen-bond donors (Lipinski definition) is 2. The third-order valence-electron chi connectivity index (χ3n) is 3.05. The lowest BCUT2D eigenvalue weighted by molar-refractivity contribution is -0.118. The fourth-order valence-electron chi connectivity index (χ4n) is 2.02. The monoisotopic (exact) mass is 283 g/mol. The molecule has 0 fully saturated rings. The topological polar surface area (TPSA) is 54.0 Å². The molecule has 2 aromatic rings. The molecular weight excluding hydrogens is 262 g/mol. The van der Waals surface area contributed by atoms with Gasteiger partial charge in [0, 0.05) is 11.6 Å². The minimum absolute atomic E-state index is 0.00758. The van der Waals surface area contributed by atoms with Crippen molar-refractivity contribution in [1.29, 1.82) is 0 Å². The van der Waals surface area contributed by atoms with Crippen molar-refractivity contribution in [3.63, 3.8) is 0 Å². The number of carbonyl (C=O) groups is 1. The zero-order valence-electron chi connectivity index (χ0n) is 12.9. The summed E-state index contributed by atoms with van der Waals surface area (Å²) in [5, 5.41) is 6.09. The molecule has 0 spiro atoms. The van der Waals surface area contributed by atoms with Crippen molar-refractivity contribution in [3.05, 3.63) is 47.7 Å². The fraction of sp³-hybridized carbons (Fsp3) is 0.294. The minimum Gasteiger partial charge on any atom is -0.340 e. The Labute approximate surface area is 125 Å². The number of aryl methyl sites for hydroxylation is 2. The molecule has 0 saturated heterocycles. The third kappa shape index (κ3) is 4.31. The van der Waals surface area contributed by atoms with Gasteiger partial charge in [0.15, 0.2) is 0 Å². The predicted molar refractivity (Wildman–Crippen MR) is 86.9 cm³/mol. The van der Waals surface area contributed by atoms with E-state index in [4.69, 9.17) is 0 Å². The summed E-state index contributed by atoms with van der Waals surface area (Å²) in [4.78, 5) is 15.9. The average Bonchev–Trinajstić information content (AvgIpc) is 2.39. The second-order valence-corrected chi connectivity index (χ2v) is 5.58. The molecule has 21 heavy (non-hydrogen) atoms. The number of nitrogens with one attached hydrogen (secondary N) is 2. The molecule has 2 N–H and O–H groups in total. The van der Waals surface area contributed by atoms with Gasteiger partial charge in [0.1, 0.15) is 5.82 Å². The van der Waals surface area contributed by atoms with E-state index in [0.717, 1.165) is 11.5 Å². The first kappa shape index (κ1) is 15.0. The number of nitrogens with zero attached hydrogens (tertiary/aromatic N) is 1. The predicted octanol–water partition coefficient (Wildman–Crippen LogP) is 4.04. The lowest BCUT2D eigenvalue weighted by Gasteiger charge is -2.10. The van der Waals surface area contributed by atoms with E-state index in [0.29, 0.717) is 5.69 Å². The highest BCUT2D eigenvalue weighted by atomic mass is 16.1. The van der Waals surface area contributed by atoms with Crippen LogP contribution in [0.25, 0.3) is 0 Å². The minimum atomic E-state index is -0.0435. The maximum atomic E-state index is 11.6. The van der Waals surface area contributed by atoms with E-state index in [9.17, 15) is 4.79 Å². The van der Waals surface area contributed by atoms with Gasteiger partial charge in [-0.1, -0.05) is 19.9 Å². The van der Waals surface area contributed by atoms with Crippen molar-refractivity contribution >= 4 is 23.1 Å². The number of rotatable bonds is 4. The number of pyridine rings is 1. The summed E-state index contributed by atoms with van der Waals surface area (Å²) in [5.41, 5.74) is 4.13. The van der Waals surface area contributed by atoms with Gasteiger partial charge in [0.2, 0.25) is 5.91 Å². The Bertz CT molecular complexity index is 613. The smallest absolute Gasteiger partial charge is 0.226 e. The zero-order valence-corrected chi connectivity index (χ0v) is 12.9. The van der Waals surface area contributed by atoms with Crippen LogP contribution in [-0.2, 0) is 4.79 Å². The Hall–Kier alpha value is -2.36. The molecule has 110 valence electrons. The summed E-state index contributed by atoms with van der Waals surface area (Å²) in [5.74, 6) is 0.701. The average molecular weight is 283 g/mol. The normalized spacial score (nSPS) is 10.5. The van der Waals surface area contributed by atoms with Crippen LogP contribution in [0.15, 0.2) is 36.5 Å². The highest BCUT2D eigenvalue weighted by Gasteiger charge is 2.07. The number of carbonyl (C=O) groups excluding carboxylic acids is 1. The Kier molecular flexibility index (Phi) is 4.58. The van der Waals surface area contributed by atoms with Crippen LogP contribution in [0, 0.1) is 19.8 Å². The zero-order chi connectivity index (χ0) is 15.4. The van der Waals surface area contributed by atoms with E-state index in [1.807, 2.05) is 26.0 Å². The Morgan fingerprint density at radius 2 is 1.71 bits per heavy atom. The van der Waals surface area contributed by atoms with Gasteiger partial charge < -0.3 is 10.6 Å². The molecule has 0 bridgehead atoms. The second-order valence-electron chi connectivity index (χ2n) is 5.58. The van der Waals surface area contributed by atoms with E-state index in [1.165, 1.54) is 11.1 Å². The molecule has 0 unspecified atom stereocenters. The van der Waals surface area contributed by atoms with Crippen LogP contribution in [0.3, 0.4) is 0 Å². The lowest BCUT2D eigenvalue weighted by atomic mass is 10.1. The van der Waals surface area contributed by atoms with E-state index in [-0.39, 0.29) is 11.8 Å². The SMILES string of the molecule is Cc1cc(C)cc(Nc2ccc(NC(=O)C(C)C)cn2)c1. The molecule has 0 radical (unpaired) electrons. The van der Waals surface area contributed by atoms with Crippen molar-refractivity contribution in [2.75, 3.05) is 10.6 Å². The summed E-state index contributed by atoms with van der Waals surface area (Å²) >= 11 is 0. The van der Waals surface area contributed by atoms with Crippen LogP contribution >= 0.6 is 0 Å². The first-order chi connectivity index (χ1) is 9.94. The van der Waals surface area contributed by atoms with E-state index in [2.05, 4.69) is 47.7 Å². The Morgan fingerprint density at radius 1 is 1.05 bits per heavy atom. The summed E-state index contributed by atoms with van der Waals surface area (Å²) in [7, 11) is 0. The number of hydrogen-bond acceptors (Lipinski definition) is 3. The highest BCUT2D eigenvalue weighted by molar-refractivity contribution is 5.91. The third-order valence-corrected chi connectivity index (χ3v) is 3.05. The molecular formula is C17H21N3O. The molecule has 0 atom stereocenters. The molecule has 0 saturated carbocycles. The van der Waals surface area contributed by atoms with Crippen molar-refractivity contribution in [2.45, 2.75) is 27.7 Å². The van der Waals surface area contributed by atoms with E-state index in [1.54, 1.807) is 6.20 Å². The number of aromatic nitrogens is 1. The van der Waals surface area contributed by atoms with Crippen LogP contribution < -0.4 is 10.6 Å². The second kappa shape index (κ2) is 6.39. The molecule has 0 aliphatic carbocycles. The summed E-state index contributed by atoms with van der Waals surface area (Å²) in [6.45, 7) is 7.85. The van der Waals surface area contributed by atoms with Gasteiger partial charge in [-0.15, -0.1) is 0 Å². The summed E-state index contributed by atoms with van der Waals surface area (Å²) in [6, 6.07) is 9.97. The van der Waals surface area contributed by atoms with Crippen LogP contribution in [0.2, 0.25) is 0 Å². The lowest BCUT2D eigenvalue weighted by Crippen LogP contribution is -2.17. The summed E-state index contributed by atoms with van der Waals surface area (Å²) in [6.07, 6.45) is 1.66. The van der Waals surface area contributed by atoms with Crippen molar-refractivity contribution in [3.8, 4) is 0 Å².